The molecule has 0 aliphatic carbocycles. The van der Waals surface area contributed by atoms with Crippen LogP contribution in [0.3, 0.4) is 0 Å². The highest BCUT2D eigenvalue weighted by atomic mass is 31.0. The average molecular weight is 346 g/mol. The van der Waals surface area contributed by atoms with Crippen LogP contribution in [0.2, 0.25) is 0 Å². The van der Waals surface area contributed by atoms with Crippen molar-refractivity contribution >= 4 is 39.1 Å². The van der Waals surface area contributed by atoms with Gasteiger partial charge in [0.2, 0.25) is 0 Å². The van der Waals surface area contributed by atoms with Gasteiger partial charge in [-0.3, -0.25) is 0 Å². The molecule has 3 unspecified atom stereocenters. The normalized spacial score (nSPS) is 11.0. The van der Waals surface area contributed by atoms with Gasteiger partial charge in [-0.05, 0) is 64.7 Å². The summed E-state index contributed by atoms with van der Waals surface area (Å²) in [7, 11) is 8.48. The fourth-order valence-electron chi connectivity index (χ4n) is 2.74. The van der Waals surface area contributed by atoms with Gasteiger partial charge in [0.1, 0.15) is 0 Å². The van der Waals surface area contributed by atoms with Crippen molar-refractivity contribution in [3.05, 3.63) is 59.7 Å². The second-order valence-electron chi connectivity index (χ2n) is 5.74. The summed E-state index contributed by atoms with van der Waals surface area (Å²) >= 11 is 0. The molecular formula is C19H25P3. The van der Waals surface area contributed by atoms with Gasteiger partial charge in [-0.2, -0.15) is 0 Å². The molecule has 0 spiro atoms. The van der Waals surface area contributed by atoms with Crippen LogP contribution in [-0.4, -0.2) is 12.3 Å². The van der Waals surface area contributed by atoms with Crippen molar-refractivity contribution in [2.75, 3.05) is 12.3 Å². The van der Waals surface area contributed by atoms with Gasteiger partial charge in [-0.25, -0.2) is 0 Å². The minimum absolute atomic E-state index is 0.705. The highest BCUT2D eigenvalue weighted by molar-refractivity contribution is 7.27. The van der Waals surface area contributed by atoms with E-state index in [-0.39, 0.29) is 0 Å². The molecule has 0 fully saturated rings. The van der Waals surface area contributed by atoms with Gasteiger partial charge in [-0.1, -0.05) is 49.1 Å². The van der Waals surface area contributed by atoms with Crippen molar-refractivity contribution in [1.29, 1.82) is 0 Å². The van der Waals surface area contributed by atoms with Crippen molar-refractivity contribution in [2.45, 2.75) is 13.3 Å². The fourth-order valence-corrected chi connectivity index (χ4v) is 4.19. The van der Waals surface area contributed by atoms with Gasteiger partial charge in [0, 0.05) is 0 Å². The minimum atomic E-state index is 0.705. The lowest BCUT2D eigenvalue weighted by Crippen LogP contribution is -2.07. The van der Waals surface area contributed by atoms with Gasteiger partial charge in [0.25, 0.3) is 0 Å². The number of rotatable bonds is 6. The van der Waals surface area contributed by atoms with Crippen LogP contribution in [0.15, 0.2) is 43.0 Å². The van der Waals surface area contributed by atoms with E-state index in [0.717, 1.165) is 18.7 Å². The van der Waals surface area contributed by atoms with Crippen LogP contribution >= 0.6 is 27.7 Å². The third-order valence-corrected chi connectivity index (χ3v) is 5.76. The molecule has 0 aliphatic heterocycles. The van der Waals surface area contributed by atoms with Crippen LogP contribution in [0.1, 0.15) is 16.7 Å². The summed E-state index contributed by atoms with van der Waals surface area (Å²) in [6.45, 7) is 6.18. The Labute approximate surface area is 141 Å². The lowest BCUT2D eigenvalue weighted by Gasteiger charge is -2.15. The van der Waals surface area contributed by atoms with Crippen molar-refractivity contribution in [1.82, 2.24) is 0 Å². The van der Waals surface area contributed by atoms with Gasteiger partial charge in [-0.15, -0.1) is 27.7 Å². The van der Waals surface area contributed by atoms with Gasteiger partial charge < -0.3 is 0 Å². The Hall–Kier alpha value is -0.530. The largest absolute Gasteiger partial charge is 0.137 e. The van der Waals surface area contributed by atoms with Gasteiger partial charge in [0.15, 0.2) is 0 Å². The molecule has 0 saturated carbocycles. The molecule has 2 rings (SSSR count). The first-order valence-corrected chi connectivity index (χ1v) is 9.82. The summed E-state index contributed by atoms with van der Waals surface area (Å²) in [5.41, 5.74) is 6.49. The highest BCUT2D eigenvalue weighted by Crippen LogP contribution is 2.29. The highest BCUT2D eigenvalue weighted by Gasteiger charge is 2.10. The summed E-state index contributed by atoms with van der Waals surface area (Å²) in [6.07, 6.45) is 5.38. The molecule has 22 heavy (non-hydrogen) atoms. The molecule has 0 aliphatic rings. The molecule has 3 atom stereocenters. The molecule has 3 heteroatoms. The lowest BCUT2D eigenvalue weighted by molar-refractivity contribution is 0.670. The summed E-state index contributed by atoms with van der Waals surface area (Å²) in [5.74, 6) is 0.705. The molecule has 2 aromatic rings. The molecule has 0 amide bonds. The number of hydrogen-bond donors (Lipinski definition) is 0. The van der Waals surface area contributed by atoms with Crippen molar-refractivity contribution < 1.29 is 0 Å². The molecule has 0 saturated heterocycles. The molecule has 0 nitrogen and oxygen atoms in total. The first-order chi connectivity index (χ1) is 10.6. The Morgan fingerprint density at radius 1 is 1.05 bits per heavy atom. The Morgan fingerprint density at radius 2 is 1.73 bits per heavy atom. The standard InChI is InChI=1S/C19H25P3/c1-3-16-10-14(9-15(11-20)12-21)4-6-19(16)18-7-5-17(22)8-13(18)2/h3-8,10,15H,1,9,11-12,20-22H2,2H3. The van der Waals surface area contributed by atoms with Crippen molar-refractivity contribution in [3.63, 3.8) is 0 Å². The SMILES string of the molecule is C=Cc1cc(CC(CP)CP)ccc1-c1ccc(P)cc1C. The Balaban J connectivity index is 2.39. The zero-order chi connectivity index (χ0) is 16.1. The molecule has 0 bridgehead atoms. The van der Waals surface area contributed by atoms with E-state index in [0.29, 0.717) is 5.92 Å². The average Bonchev–Trinajstić information content (AvgIpc) is 2.52. The summed E-state index contributed by atoms with van der Waals surface area (Å²) < 4.78 is 0. The maximum Gasteiger partial charge on any atom is -0.0109 e. The molecular weight excluding hydrogens is 321 g/mol. The maximum atomic E-state index is 4.01. The molecule has 116 valence electrons. The van der Waals surface area contributed by atoms with E-state index in [1.54, 1.807) is 0 Å². The number of aryl methyl sites for hydroxylation is 1. The molecule has 0 aromatic heterocycles. The van der Waals surface area contributed by atoms with Crippen LogP contribution in [0, 0.1) is 12.8 Å². The van der Waals surface area contributed by atoms with Crippen molar-refractivity contribution in [3.8, 4) is 11.1 Å². The monoisotopic (exact) mass is 346 g/mol. The predicted molar refractivity (Wildman–Crippen MR) is 112 cm³/mol. The van der Waals surface area contributed by atoms with Crippen molar-refractivity contribution in [2.24, 2.45) is 5.92 Å². The summed E-state index contributed by atoms with van der Waals surface area (Å²) in [6, 6.07) is 13.4. The topological polar surface area (TPSA) is 0 Å². The number of hydrogen-bond acceptors (Lipinski definition) is 0. The van der Waals surface area contributed by atoms with E-state index in [1.807, 2.05) is 6.08 Å². The zero-order valence-corrected chi connectivity index (χ0v) is 16.6. The van der Waals surface area contributed by atoms with Crippen LogP contribution < -0.4 is 5.30 Å². The van der Waals surface area contributed by atoms with Crippen LogP contribution in [0.25, 0.3) is 17.2 Å². The van der Waals surface area contributed by atoms with E-state index < -0.39 is 0 Å². The first kappa shape index (κ1) is 17.8. The number of benzene rings is 2. The Morgan fingerprint density at radius 3 is 2.32 bits per heavy atom. The second kappa shape index (κ2) is 8.36. The van der Waals surface area contributed by atoms with E-state index in [2.05, 4.69) is 77.6 Å². The van der Waals surface area contributed by atoms with E-state index in [4.69, 9.17) is 0 Å². The molecule has 0 radical (unpaired) electrons. The van der Waals surface area contributed by atoms with Crippen LogP contribution in [0.4, 0.5) is 0 Å². The van der Waals surface area contributed by atoms with E-state index >= 15 is 0 Å². The summed E-state index contributed by atoms with van der Waals surface area (Å²) in [4.78, 5) is 0. The maximum absolute atomic E-state index is 4.01. The fraction of sp³-hybridized carbons (Fsp3) is 0.263. The minimum Gasteiger partial charge on any atom is -0.137 e. The molecule has 2 aromatic carbocycles. The van der Waals surface area contributed by atoms with Gasteiger partial charge >= 0.3 is 0 Å². The third-order valence-electron chi connectivity index (χ3n) is 4.07. The Kier molecular flexibility index (Phi) is 6.77. The first-order valence-electron chi connectivity index (χ1n) is 7.61. The lowest BCUT2D eigenvalue weighted by atomic mass is 9.92. The molecule has 0 N–H and O–H groups in total. The third kappa shape index (κ3) is 4.26. The van der Waals surface area contributed by atoms with E-state index in [1.165, 1.54) is 33.1 Å². The quantitative estimate of drug-likeness (QED) is 0.664. The Bertz CT molecular complexity index is 658. The van der Waals surface area contributed by atoms with Crippen LogP contribution in [-0.2, 0) is 6.42 Å². The van der Waals surface area contributed by atoms with Crippen LogP contribution in [0.5, 0.6) is 0 Å². The molecule has 0 heterocycles. The van der Waals surface area contributed by atoms with Gasteiger partial charge in [0.05, 0.1) is 0 Å². The second-order valence-corrected chi connectivity index (χ2v) is 7.35. The zero-order valence-electron chi connectivity index (χ0n) is 13.2. The van der Waals surface area contributed by atoms with E-state index in [9.17, 15) is 0 Å². The summed E-state index contributed by atoms with van der Waals surface area (Å²) in [5, 5.41) is 1.22. The predicted octanol–water partition coefficient (Wildman–Crippen LogP) is 4.71. The smallest absolute Gasteiger partial charge is 0.0109 e.